The second kappa shape index (κ2) is 6.96. The van der Waals surface area contributed by atoms with Crippen molar-refractivity contribution in [1.29, 1.82) is 0 Å². The monoisotopic (exact) mass is 380 g/mol. The SMILES string of the molecule is COc1ccc(F)cc1Cn1cnc2sc(C)c(-c3ccccc3)c2c1=O. The first-order valence-corrected chi connectivity index (χ1v) is 9.26. The van der Waals surface area contributed by atoms with Gasteiger partial charge in [-0.3, -0.25) is 9.36 Å². The van der Waals surface area contributed by atoms with E-state index in [0.29, 0.717) is 21.5 Å². The lowest BCUT2D eigenvalue weighted by Crippen LogP contribution is -2.21. The number of halogens is 1. The van der Waals surface area contributed by atoms with Gasteiger partial charge in [0.2, 0.25) is 0 Å². The standard InChI is InChI=1S/C21H17FN2O2S/c1-13-18(14-6-4-3-5-7-14)19-20(27-13)23-12-24(21(19)25)11-15-10-16(22)8-9-17(15)26-2/h3-10,12H,11H2,1-2H3. The van der Waals surface area contributed by atoms with Crippen LogP contribution >= 0.6 is 11.3 Å². The number of thiophene rings is 1. The number of ether oxygens (including phenoxy) is 1. The molecule has 2 aromatic heterocycles. The highest BCUT2D eigenvalue weighted by Gasteiger charge is 2.17. The van der Waals surface area contributed by atoms with Crippen LogP contribution in [0.4, 0.5) is 4.39 Å². The smallest absolute Gasteiger partial charge is 0.263 e. The van der Waals surface area contributed by atoms with Crippen LogP contribution in [0.25, 0.3) is 21.3 Å². The second-order valence-electron chi connectivity index (χ2n) is 6.21. The van der Waals surface area contributed by atoms with Crippen molar-refractivity contribution >= 4 is 21.6 Å². The summed E-state index contributed by atoms with van der Waals surface area (Å²) in [5, 5.41) is 0.599. The number of nitrogens with zero attached hydrogens (tertiary/aromatic N) is 2. The number of benzene rings is 2. The Morgan fingerprint density at radius 2 is 1.96 bits per heavy atom. The molecule has 0 radical (unpaired) electrons. The van der Waals surface area contributed by atoms with Crippen LogP contribution in [0.5, 0.6) is 5.75 Å². The summed E-state index contributed by atoms with van der Waals surface area (Å²) in [6.45, 7) is 2.18. The summed E-state index contributed by atoms with van der Waals surface area (Å²) >= 11 is 1.50. The zero-order valence-electron chi connectivity index (χ0n) is 14.9. The molecule has 0 spiro atoms. The zero-order chi connectivity index (χ0) is 19.0. The third kappa shape index (κ3) is 3.13. The first-order valence-electron chi connectivity index (χ1n) is 8.45. The third-order valence-electron chi connectivity index (χ3n) is 4.50. The average molecular weight is 380 g/mol. The normalized spacial score (nSPS) is 11.1. The predicted molar refractivity (Wildman–Crippen MR) is 106 cm³/mol. The summed E-state index contributed by atoms with van der Waals surface area (Å²) in [5.41, 5.74) is 2.35. The van der Waals surface area contributed by atoms with E-state index in [2.05, 4.69) is 4.98 Å². The van der Waals surface area contributed by atoms with Crippen LogP contribution in [0, 0.1) is 12.7 Å². The first-order chi connectivity index (χ1) is 13.1. The number of hydrogen-bond donors (Lipinski definition) is 0. The van der Waals surface area contributed by atoms with Gasteiger partial charge in [-0.05, 0) is 30.7 Å². The van der Waals surface area contributed by atoms with Crippen molar-refractivity contribution in [2.45, 2.75) is 13.5 Å². The molecule has 2 heterocycles. The summed E-state index contributed by atoms with van der Waals surface area (Å²) in [6, 6.07) is 14.1. The second-order valence-corrected chi connectivity index (χ2v) is 7.42. The first kappa shape index (κ1) is 17.4. The Morgan fingerprint density at radius 3 is 2.70 bits per heavy atom. The zero-order valence-corrected chi connectivity index (χ0v) is 15.7. The summed E-state index contributed by atoms with van der Waals surface area (Å²) in [6.07, 6.45) is 1.51. The molecule has 0 saturated heterocycles. The van der Waals surface area contributed by atoms with Crippen LogP contribution in [0.15, 0.2) is 59.7 Å². The van der Waals surface area contributed by atoms with Crippen molar-refractivity contribution in [2.75, 3.05) is 7.11 Å². The predicted octanol–water partition coefficient (Wildman–Crippen LogP) is 4.63. The van der Waals surface area contributed by atoms with Gasteiger partial charge in [-0.15, -0.1) is 11.3 Å². The summed E-state index contributed by atoms with van der Waals surface area (Å²) in [7, 11) is 1.52. The van der Waals surface area contributed by atoms with Gasteiger partial charge in [0.15, 0.2) is 0 Å². The molecule has 4 aromatic rings. The molecule has 0 atom stereocenters. The van der Waals surface area contributed by atoms with Gasteiger partial charge < -0.3 is 4.74 Å². The Morgan fingerprint density at radius 1 is 1.19 bits per heavy atom. The van der Waals surface area contributed by atoms with Gasteiger partial charge in [-0.1, -0.05) is 30.3 Å². The highest BCUT2D eigenvalue weighted by Crippen LogP contribution is 2.35. The van der Waals surface area contributed by atoms with Gasteiger partial charge in [-0.2, -0.15) is 0 Å². The lowest BCUT2D eigenvalue weighted by molar-refractivity contribution is 0.406. The molecule has 6 heteroatoms. The summed E-state index contributed by atoms with van der Waals surface area (Å²) < 4.78 is 20.5. The molecule has 0 aliphatic rings. The van der Waals surface area contributed by atoms with E-state index in [1.165, 1.54) is 41.5 Å². The van der Waals surface area contributed by atoms with Gasteiger partial charge in [0.25, 0.3) is 5.56 Å². The van der Waals surface area contributed by atoms with Crippen LogP contribution in [0.3, 0.4) is 0 Å². The van der Waals surface area contributed by atoms with Crippen molar-refractivity contribution in [3.8, 4) is 16.9 Å². The van der Waals surface area contributed by atoms with Crippen molar-refractivity contribution in [3.05, 3.63) is 81.5 Å². The fourth-order valence-electron chi connectivity index (χ4n) is 3.26. The quantitative estimate of drug-likeness (QED) is 0.518. The highest BCUT2D eigenvalue weighted by atomic mass is 32.1. The third-order valence-corrected chi connectivity index (χ3v) is 5.51. The Bertz CT molecular complexity index is 1180. The van der Waals surface area contributed by atoms with E-state index >= 15 is 0 Å². The van der Waals surface area contributed by atoms with E-state index < -0.39 is 0 Å². The lowest BCUT2D eigenvalue weighted by Gasteiger charge is -2.11. The molecule has 27 heavy (non-hydrogen) atoms. The number of methoxy groups -OCH3 is 1. The van der Waals surface area contributed by atoms with Gasteiger partial charge in [0.1, 0.15) is 16.4 Å². The maximum absolute atomic E-state index is 13.7. The highest BCUT2D eigenvalue weighted by molar-refractivity contribution is 7.19. The maximum Gasteiger partial charge on any atom is 0.263 e. The number of aryl methyl sites for hydroxylation is 1. The van der Waals surface area contributed by atoms with Crippen LogP contribution in [-0.2, 0) is 6.54 Å². The minimum absolute atomic E-state index is 0.144. The molecule has 0 amide bonds. The molecule has 4 nitrogen and oxygen atoms in total. The van der Waals surface area contributed by atoms with E-state index in [1.807, 2.05) is 37.3 Å². The van der Waals surface area contributed by atoms with Crippen molar-refractivity contribution in [1.82, 2.24) is 9.55 Å². The largest absolute Gasteiger partial charge is 0.496 e. The van der Waals surface area contributed by atoms with E-state index in [1.54, 1.807) is 6.07 Å². The Balaban J connectivity index is 1.88. The Hall–Kier alpha value is -2.99. The molecular weight excluding hydrogens is 363 g/mol. The molecule has 0 fully saturated rings. The molecule has 0 aliphatic heterocycles. The van der Waals surface area contributed by atoms with E-state index in [4.69, 9.17) is 4.74 Å². The van der Waals surface area contributed by atoms with E-state index in [0.717, 1.165) is 16.0 Å². The van der Waals surface area contributed by atoms with Gasteiger partial charge in [0, 0.05) is 16.0 Å². The topological polar surface area (TPSA) is 44.1 Å². The van der Waals surface area contributed by atoms with Crippen molar-refractivity contribution in [3.63, 3.8) is 0 Å². The van der Waals surface area contributed by atoms with Crippen molar-refractivity contribution in [2.24, 2.45) is 0 Å². The number of rotatable bonds is 4. The summed E-state index contributed by atoms with van der Waals surface area (Å²) in [4.78, 5) is 19.4. The fraction of sp³-hybridized carbons (Fsp3) is 0.143. The molecule has 0 aliphatic carbocycles. The number of hydrogen-bond acceptors (Lipinski definition) is 4. The number of aromatic nitrogens is 2. The molecule has 2 aromatic carbocycles. The number of fused-ring (bicyclic) bond motifs is 1. The Kier molecular flexibility index (Phi) is 4.49. The van der Waals surface area contributed by atoms with Crippen LogP contribution in [-0.4, -0.2) is 16.7 Å². The lowest BCUT2D eigenvalue weighted by atomic mass is 10.0. The average Bonchev–Trinajstić information content (AvgIpc) is 3.02. The maximum atomic E-state index is 13.7. The van der Waals surface area contributed by atoms with E-state index in [-0.39, 0.29) is 17.9 Å². The van der Waals surface area contributed by atoms with E-state index in [9.17, 15) is 9.18 Å². The molecule has 0 N–H and O–H groups in total. The molecule has 4 rings (SSSR count). The molecule has 0 bridgehead atoms. The minimum atomic E-state index is -0.371. The molecule has 0 unspecified atom stereocenters. The summed E-state index contributed by atoms with van der Waals surface area (Å²) in [5.74, 6) is 0.164. The van der Waals surface area contributed by atoms with Gasteiger partial charge in [0.05, 0.1) is 25.4 Å². The Labute approximate surface area is 159 Å². The van der Waals surface area contributed by atoms with Crippen LogP contribution in [0.2, 0.25) is 0 Å². The van der Waals surface area contributed by atoms with Gasteiger partial charge in [-0.25, -0.2) is 9.37 Å². The van der Waals surface area contributed by atoms with Crippen LogP contribution in [0.1, 0.15) is 10.4 Å². The van der Waals surface area contributed by atoms with Crippen LogP contribution < -0.4 is 10.3 Å². The molecule has 136 valence electrons. The fourth-order valence-corrected chi connectivity index (χ4v) is 4.26. The van der Waals surface area contributed by atoms with Crippen molar-refractivity contribution < 1.29 is 9.13 Å². The minimum Gasteiger partial charge on any atom is -0.496 e. The van der Waals surface area contributed by atoms with Gasteiger partial charge >= 0.3 is 0 Å². The molecule has 0 saturated carbocycles. The molecular formula is C21H17FN2O2S.